The zero-order valence-corrected chi connectivity index (χ0v) is 8.19. The molecule has 0 spiro atoms. The summed E-state index contributed by atoms with van der Waals surface area (Å²) in [6, 6.07) is 0.486. The molecule has 0 aromatic rings. The van der Waals surface area contributed by atoms with Crippen LogP contribution in [0, 0.1) is 0 Å². The van der Waals surface area contributed by atoms with E-state index in [2.05, 4.69) is 6.58 Å². The van der Waals surface area contributed by atoms with Gasteiger partial charge in [-0.25, -0.2) is 0 Å². The SMILES string of the molecule is C=CC[C@@H]1CC[C@@H](CO)N1B(C)O. The van der Waals surface area contributed by atoms with Crippen LogP contribution in [0.3, 0.4) is 0 Å². The Bertz CT molecular complexity index is 175. The molecule has 2 atom stereocenters. The van der Waals surface area contributed by atoms with Crippen molar-refractivity contribution in [3.8, 4) is 0 Å². The van der Waals surface area contributed by atoms with E-state index in [4.69, 9.17) is 5.11 Å². The highest BCUT2D eigenvalue weighted by atomic mass is 16.3. The Morgan fingerprint density at radius 2 is 2.15 bits per heavy atom. The Kier molecular flexibility index (Phi) is 3.97. The maximum Gasteiger partial charge on any atom is 0.376 e. The van der Waals surface area contributed by atoms with Gasteiger partial charge in [0.25, 0.3) is 0 Å². The van der Waals surface area contributed by atoms with Crippen LogP contribution in [0.15, 0.2) is 12.7 Å². The second-order valence-corrected chi connectivity index (χ2v) is 3.67. The first kappa shape index (κ1) is 10.8. The molecular formula is C9H18BNO2. The molecule has 2 N–H and O–H groups in total. The fourth-order valence-electron chi connectivity index (χ4n) is 2.21. The molecule has 1 aliphatic rings. The molecule has 0 amide bonds. The van der Waals surface area contributed by atoms with E-state index in [-0.39, 0.29) is 12.6 Å². The van der Waals surface area contributed by atoms with Gasteiger partial charge in [-0.05, 0) is 26.1 Å². The summed E-state index contributed by atoms with van der Waals surface area (Å²) in [4.78, 5) is 1.99. The minimum atomic E-state index is -0.468. The summed E-state index contributed by atoms with van der Waals surface area (Å²) in [7, 11) is -0.468. The summed E-state index contributed by atoms with van der Waals surface area (Å²) in [6.45, 7) is 5.59. The van der Waals surface area contributed by atoms with Gasteiger partial charge in [-0.2, -0.15) is 0 Å². The van der Waals surface area contributed by atoms with Gasteiger partial charge in [0, 0.05) is 12.1 Å². The molecule has 0 aliphatic carbocycles. The van der Waals surface area contributed by atoms with Crippen molar-refractivity contribution >= 4 is 7.05 Å². The van der Waals surface area contributed by atoms with E-state index in [9.17, 15) is 5.02 Å². The lowest BCUT2D eigenvalue weighted by Gasteiger charge is -2.29. The highest BCUT2D eigenvalue weighted by Gasteiger charge is 2.36. The van der Waals surface area contributed by atoms with Gasteiger partial charge in [-0.1, -0.05) is 6.08 Å². The van der Waals surface area contributed by atoms with Gasteiger partial charge >= 0.3 is 7.05 Å². The number of aliphatic hydroxyl groups is 1. The Balaban J connectivity index is 2.60. The molecule has 1 fully saturated rings. The minimum absolute atomic E-state index is 0.130. The normalized spacial score (nSPS) is 29.2. The minimum Gasteiger partial charge on any atom is -0.437 e. The van der Waals surface area contributed by atoms with Crippen LogP contribution < -0.4 is 0 Å². The lowest BCUT2D eigenvalue weighted by atomic mass is 9.82. The van der Waals surface area contributed by atoms with E-state index < -0.39 is 7.05 Å². The molecule has 0 bridgehead atoms. The predicted molar refractivity (Wildman–Crippen MR) is 54.4 cm³/mol. The highest BCUT2D eigenvalue weighted by molar-refractivity contribution is 6.45. The molecular weight excluding hydrogens is 165 g/mol. The monoisotopic (exact) mass is 183 g/mol. The first-order valence-electron chi connectivity index (χ1n) is 4.88. The molecule has 0 aromatic carbocycles. The van der Waals surface area contributed by atoms with Gasteiger partial charge in [-0.3, -0.25) is 0 Å². The maximum atomic E-state index is 9.53. The predicted octanol–water partition coefficient (Wildman–Crippen LogP) is 0.498. The molecule has 0 saturated carbocycles. The zero-order chi connectivity index (χ0) is 9.84. The largest absolute Gasteiger partial charge is 0.437 e. The lowest BCUT2D eigenvalue weighted by Crippen LogP contribution is -2.47. The molecule has 0 aromatic heterocycles. The van der Waals surface area contributed by atoms with E-state index in [0.29, 0.717) is 6.04 Å². The van der Waals surface area contributed by atoms with Crippen LogP contribution in [0.1, 0.15) is 19.3 Å². The van der Waals surface area contributed by atoms with E-state index in [1.165, 1.54) is 0 Å². The zero-order valence-electron chi connectivity index (χ0n) is 8.19. The van der Waals surface area contributed by atoms with Gasteiger partial charge in [-0.15, -0.1) is 6.58 Å². The molecule has 13 heavy (non-hydrogen) atoms. The molecule has 1 saturated heterocycles. The molecule has 1 rings (SSSR count). The summed E-state index contributed by atoms with van der Waals surface area (Å²) in [5.41, 5.74) is 0. The summed E-state index contributed by atoms with van der Waals surface area (Å²) >= 11 is 0. The molecule has 1 heterocycles. The third-order valence-corrected chi connectivity index (χ3v) is 2.76. The molecule has 4 heteroatoms. The molecule has 3 nitrogen and oxygen atoms in total. The first-order chi connectivity index (χ1) is 6.20. The number of aliphatic hydroxyl groups excluding tert-OH is 1. The number of rotatable bonds is 4. The fourth-order valence-corrected chi connectivity index (χ4v) is 2.21. The first-order valence-corrected chi connectivity index (χ1v) is 4.88. The Morgan fingerprint density at radius 1 is 1.54 bits per heavy atom. The van der Waals surface area contributed by atoms with Crippen LogP contribution in [0.4, 0.5) is 0 Å². The van der Waals surface area contributed by atoms with Crippen molar-refractivity contribution in [2.75, 3.05) is 6.61 Å². The average Bonchev–Trinajstić information content (AvgIpc) is 2.48. The second-order valence-electron chi connectivity index (χ2n) is 3.67. The lowest BCUT2D eigenvalue weighted by molar-refractivity contribution is 0.183. The van der Waals surface area contributed by atoms with Crippen LogP contribution in [0.2, 0.25) is 6.82 Å². The van der Waals surface area contributed by atoms with Gasteiger partial charge < -0.3 is 14.9 Å². The van der Waals surface area contributed by atoms with Crippen LogP contribution in [-0.2, 0) is 0 Å². The van der Waals surface area contributed by atoms with E-state index >= 15 is 0 Å². The number of hydrogen-bond donors (Lipinski definition) is 2. The third kappa shape index (κ3) is 2.33. The average molecular weight is 183 g/mol. The third-order valence-electron chi connectivity index (χ3n) is 2.76. The smallest absolute Gasteiger partial charge is 0.376 e. The van der Waals surface area contributed by atoms with E-state index in [1.54, 1.807) is 6.82 Å². The van der Waals surface area contributed by atoms with Crippen LogP contribution in [0.5, 0.6) is 0 Å². The molecule has 0 unspecified atom stereocenters. The van der Waals surface area contributed by atoms with Gasteiger partial charge in [0.15, 0.2) is 0 Å². The van der Waals surface area contributed by atoms with Crippen LogP contribution in [-0.4, -0.2) is 40.7 Å². The van der Waals surface area contributed by atoms with Crippen molar-refractivity contribution in [2.45, 2.75) is 38.2 Å². The molecule has 1 aliphatic heterocycles. The van der Waals surface area contributed by atoms with Crippen molar-refractivity contribution in [1.82, 2.24) is 4.81 Å². The van der Waals surface area contributed by atoms with Crippen molar-refractivity contribution in [1.29, 1.82) is 0 Å². The summed E-state index contributed by atoms with van der Waals surface area (Å²) in [5.74, 6) is 0. The Hall–Kier alpha value is -0.315. The fraction of sp³-hybridized carbons (Fsp3) is 0.778. The molecule has 74 valence electrons. The quantitative estimate of drug-likeness (QED) is 0.492. The summed E-state index contributed by atoms with van der Waals surface area (Å²) < 4.78 is 0. The Morgan fingerprint density at radius 3 is 2.62 bits per heavy atom. The van der Waals surface area contributed by atoms with Crippen LogP contribution in [0.25, 0.3) is 0 Å². The second kappa shape index (κ2) is 4.79. The maximum absolute atomic E-state index is 9.53. The molecule has 0 radical (unpaired) electrons. The highest BCUT2D eigenvalue weighted by Crippen LogP contribution is 2.26. The van der Waals surface area contributed by atoms with Gasteiger partial charge in [0.1, 0.15) is 0 Å². The van der Waals surface area contributed by atoms with Crippen molar-refractivity contribution in [3.05, 3.63) is 12.7 Å². The van der Waals surface area contributed by atoms with Crippen molar-refractivity contribution in [2.24, 2.45) is 0 Å². The Labute approximate surface area is 80.2 Å². The van der Waals surface area contributed by atoms with E-state index in [0.717, 1.165) is 19.3 Å². The standard InChI is InChI=1S/C9H18BNO2/c1-3-4-8-5-6-9(7-12)11(8)10(2)13/h3,8-9,12-13H,1,4-7H2,2H3/t8-,9+/m1/s1. The van der Waals surface area contributed by atoms with Crippen molar-refractivity contribution < 1.29 is 10.1 Å². The summed E-state index contributed by atoms with van der Waals surface area (Å²) in [6.07, 6.45) is 4.78. The van der Waals surface area contributed by atoms with Gasteiger partial charge in [0.05, 0.1) is 6.61 Å². The number of hydrogen-bond acceptors (Lipinski definition) is 3. The summed E-state index contributed by atoms with van der Waals surface area (Å²) in [5, 5.41) is 18.6. The van der Waals surface area contributed by atoms with Crippen molar-refractivity contribution in [3.63, 3.8) is 0 Å². The van der Waals surface area contributed by atoms with Crippen LogP contribution >= 0.6 is 0 Å². The van der Waals surface area contributed by atoms with Gasteiger partial charge in [0.2, 0.25) is 0 Å². The topological polar surface area (TPSA) is 43.7 Å². The van der Waals surface area contributed by atoms with E-state index in [1.807, 2.05) is 10.9 Å². The number of nitrogens with zero attached hydrogens (tertiary/aromatic N) is 1.